The highest BCUT2D eigenvalue weighted by Gasteiger charge is 2.53. The van der Waals surface area contributed by atoms with E-state index in [1.165, 1.54) is 6.08 Å². The summed E-state index contributed by atoms with van der Waals surface area (Å²) >= 11 is 0. The summed E-state index contributed by atoms with van der Waals surface area (Å²) < 4.78 is 9.84. The van der Waals surface area contributed by atoms with E-state index in [1.807, 2.05) is 32.6 Å². The minimum absolute atomic E-state index is 0.0621. The molecule has 1 saturated carbocycles. The van der Waals surface area contributed by atoms with E-state index in [9.17, 15) is 4.79 Å². The molecule has 1 fully saturated rings. The molecule has 4 rings (SSSR count). The number of fused-ring (bicyclic) bond motifs is 1. The summed E-state index contributed by atoms with van der Waals surface area (Å²) in [6, 6.07) is 1.97. The molecule has 0 bridgehead atoms. The third-order valence-electron chi connectivity index (χ3n) is 5.73. The van der Waals surface area contributed by atoms with Crippen molar-refractivity contribution in [3.05, 3.63) is 43.5 Å². The average Bonchev–Trinajstić information content (AvgIpc) is 3.32. The molecule has 1 aliphatic rings. The normalized spacial score (nSPS) is 20.6. The van der Waals surface area contributed by atoms with Gasteiger partial charge in [0.1, 0.15) is 11.6 Å². The van der Waals surface area contributed by atoms with E-state index in [2.05, 4.69) is 30.6 Å². The number of carbonyl (C=O) groups is 1. The van der Waals surface area contributed by atoms with Crippen LogP contribution >= 0.6 is 0 Å². The SMILES string of the molecule is C=CC(=O)N(C)[C@H]1C[C@H](Oc2nc(-c3cnn(C)c3)cn3nccc23)C1(C)C. The van der Waals surface area contributed by atoms with Gasteiger partial charge in [0.15, 0.2) is 0 Å². The summed E-state index contributed by atoms with van der Waals surface area (Å²) in [5, 5.41) is 8.56. The number of likely N-dealkylation sites (N-methyl/N-ethyl adjacent to an activating group) is 1. The molecule has 3 aromatic rings. The lowest BCUT2D eigenvalue weighted by Gasteiger charge is -2.54. The number of nitrogens with zero attached hydrogens (tertiary/aromatic N) is 6. The average molecular weight is 380 g/mol. The van der Waals surface area contributed by atoms with Gasteiger partial charge in [-0.3, -0.25) is 9.48 Å². The molecule has 0 radical (unpaired) electrons. The minimum Gasteiger partial charge on any atom is -0.472 e. The van der Waals surface area contributed by atoms with E-state index in [4.69, 9.17) is 9.72 Å². The fourth-order valence-electron chi connectivity index (χ4n) is 3.83. The van der Waals surface area contributed by atoms with Gasteiger partial charge in [0.25, 0.3) is 0 Å². The van der Waals surface area contributed by atoms with Crippen LogP contribution in [0.15, 0.2) is 43.5 Å². The smallest absolute Gasteiger partial charge is 0.245 e. The molecule has 28 heavy (non-hydrogen) atoms. The monoisotopic (exact) mass is 380 g/mol. The molecule has 3 heterocycles. The molecule has 0 aliphatic heterocycles. The van der Waals surface area contributed by atoms with Gasteiger partial charge in [-0.15, -0.1) is 0 Å². The number of aromatic nitrogens is 5. The molecule has 0 aromatic carbocycles. The van der Waals surface area contributed by atoms with Crippen LogP contribution in [-0.4, -0.2) is 54.4 Å². The van der Waals surface area contributed by atoms with Crippen molar-refractivity contribution in [2.45, 2.75) is 32.4 Å². The van der Waals surface area contributed by atoms with Crippen molar-refractivity contribution < 1.29 is 9.53 Å². The van der Waals surface area contributed by atoms with Crippen molar-refractivity contribution in [3.8, 4) is 17.1 Å². The highest BCUT2D eigenvalue weighted by Crippen LogP contribution is 2.46. The van der Waals surface area contributed by atoms with E-state index in [0.29, 0.717) is 5.88 Å². The van der Waals surface area contributed by atoms with Crippen molar-refractivity contribution in [2.24, 2.45) is 12.5 Å². The Morgan fingerprint density at radius 1 is 1.39 bits per heavy atom. The van der Waals surface area contributed by atoms with E-state index in [-0.39, 0.29) is 23.5 Å². The second kappa shape index (κ2) is 6.47. The number of ether oxygens (including phenoxy) is 1. The van der Waals surface area contributed by atoms with Crippen LogP contribution in [0.1, 0.15) is 20.3 Å². The summed E-state index contributed by atoms with van der Waals surface area (Å²) in [6.45, 7) is 7.79. The van der Waals surface area contributed by atoms with Gasteiger partial charge in [0.05, 0.1) is 24.3 Å². The lowest BCUT2D eigenvalue weighted by molar-refractivity contribution is -0.144. The first-order valence-electron chi connectivity index (χ1n) is 9.20. The summed E-state index contributed by atoms with van der Waals surface area (Å²) in [6.07, 6.45) is 9.28. The van der Waals surface area contributed by atoms with Crippen LogP contribution < -0.4 is 4.74 Å². The molecule has 0 saturated heterocycles. The Bertz CT molecular complexity index is 1050. The molecule has 0 unspecified atom stereocenters. The van der Waals surface area contributed by atoms with E-state index >= 15 is 0 Å². The van der Waals surface area contributed by atoms with Crippen LogP contribution in [-0.2, 0) is 11.8 Å². The van der Waals surface area contributed by atoms with Crippen molar-refractivity contribution in [2.75, 3.05) is 7.05 Å². The predicted molar refractivity (Wildman–Crippen MR) is 105 cm³/mol. The maximum atomic E-state index is 12.0. The third-order valence-corrected chi connectivity index (χ3v) is 5.73. The lowest BCUT2D eigenvalue weighted by Crippen LogP contribution is -2.63. The molecule has 0 N–H and O–H groups in total. The Morgan fingerprint density at radius 2 is 2.18 bits per heavy atom. The maximum Gasteiger partial charge on any atom is 0.245 e. The van der Waals surface area contributed by atoms with Gasteiger partial charge in [-0.1, -0.05) is 20.4 Å². The second-order valence-corrected chi connectivity index (χ2v) is 7.83. The largest absolute Gasteiger partial charge is 0.472 e. The molecular weight excluding hydrogens is 356 g/mol. The van der Waals surface area contributed by atoms with Crippen LogP contribution in [0.3, 0.4) is 0 Å². The number of hydrogen-bond acceptors (Lipinski definition) is 5. The molecule has 8 nitrogen and oxygen atoms in total. The van der Waals surface area contributed by atoms with Crippen LogP contribution in [0.25, 0.3) is 16.8 Å². The first-order chi connectivity index (χ1) is 13.3. The van der Waals surface area contributed by atoms with Gasteiger partial charge in [-0.05, 0) is 12.1 Å². The standard InChI is InChI=1S/C20H24N6O2/c1-6-18(27)25(5)16-9-17(20(16,2)3)28-19-15-7-8-21-26(15)12-14(23-19)13-10-22-24(4)11-13/h6-8,10-12,16-17H,1,9H2,2-5H3/t16-,17-/m0/s1. The summed E-state index contributed by atoms with van der Waals surface area (Å²) in [5.41, 5.74) is 2.23. The van der Waals surface area contributed by atoms with E-state index < -0.39 is 0 Å². The quantitative estimate of drug-likeness (QED) is 0.635. The fourth-order valence-corrected chi connectivity index (χ4v) is 3.83. The summed E-state index contributed by atoms with van der Waals surface area (Å²) in [5.74, 6) is 0.458. The lowest BCUT2D eigenvalue weighted by atomic mass is 9.64. The number of carbonyl (C=O) groups excluding carboxylic acids is 1. The molecule has 146 valence electrons. The van der Waals surface area contributed by atoms with Gasteiger partial charge in [0, 0.05) is 43.7 Å². The predicted octanol–water partition coefficient (Wildman–Crippen LogP) is 2.32. The van der Waals surface area contributed by atoms with Gasteiger partial charge in [0.2, 0.25) is 11.8 Å². The van der Waals surface area contributed by atoms with Gasteiger partial charge in [-0.2, -0.15) is 10.2 Å². The summed E-state index contributed by atoms with van der Waals surface area (Å²) in [4.78, 5) is 18.4. The van der Waals surface area contributed by atoms with Crippen LogP contribution in [0.5, 0.6) is 5.88 Å². The van der Waals surface area contributed by atoms with Crippen LogP contribution in [0, 0.1) is 5.41 Å². The maximum absolute atomic E-state index is 12.0. The Hall–Kier alpha value is -3.16. The zero-order chi connectivity index (χ0) is 20.1. The molecule has 3 aromatic heterocycles. The van der Waals surface area contributed by atoms with Crippen LogP contribution in [0.4, 0.5) is 0 Å². The van der Waals surface area contributed by atoms with E-state index in [1.54, 1.807) is 26.5 Å². The van der Waals surface area contributed by atoms with Crippen molar-refractivity contribution in [1.29, 1.82) is 0 Å². The first-order valence-corrected chi connectivity index (χ1v) is 9.20. The fraction of sp³-hybridized carbons (Fsp3) is 0.400. The highest BCUT2D eigenvalue weighted by atomic mass is 16.5. The molecule has 8 heteroatoms. The molecule has 1 aliphatic carbocycles. The third kappa shape index (κ3) is 2.85. The number of aryl methyl sites for hydroxylation is 1. The molecule has 2 atom stereocenters. The number of hydrogen-bond donors (Lipinski definition) is 0. The second-order valence-electron chi connectivity index (χ2n) is 7.83. The van der Waals surface area contributed by atoms with Gasteiger partial charge in [-0.25, -0.2) is 9.50 Å². The van der Waals surface area contributed by atoms with Crippen LogP contribution in [0.2, 0.25) is 0 Å². The van der Waals surface area contributed by atoms with Crippen molar-refractivity contribution in [3.63, 3.8) is 0 Å². The topological polar surface area (TPSA) is 77.6 Å². The highest BCUT2D eigenvalue weighted by molar-refractivity contribution is 5.87. The number of amides is 1. The van der Waals surface area contributed by atoms with Gasteiger partial charge < -0.3 is 9.64 Å². The Morgan fingerprint density at radius 3 is 2.82 bits per heavy atom. The zero-order valence-electron chi connectivity index (χ0n) is 16.5. The van der Waals surface area contributed by atoms with Crippen molar-refractivity contribution in [1.82, 2.24) is 29.3 Å². The Labute approximate surface area is 163 Å². The molecule has 1 amide bonds. The number of rotatable bonds is 5. The molecular formula is C20H24N6O2. The molecule has 0 spiro atoms. The zero-order valence-corrected chi connectivity index (χ0v) is 16.5. The Kier molecular flexibility index (Phi) is 4.21. The van der Waals surface area contributed by atoms with E-state index in [0.717, 1.165) is 23.2 Å². The first kappa shape index (κ1) is 18.2. The van der Waals surface area contributed by atoms with Gasteiger partial charge >= 0.3 is 0 Å². The van der Waals surface area contributed by atoms with Crippen molar-refractivity contribution >= 4 is 11.4 Å². The Balaban J connectivity index is 1.63. The summed E-state index contributed by atoms with van der Waals surface area (Å²) in [7, 11) is 3.68. The minimum atomic E-state index is -0.212.